The quantitative estimate of drug-likeness (QED) is 0.224. The van der Waals surface area contributed by atoms with Crippen LogP contribution in [-0.4, -0.2) is 49.2 Å². The Morgan fingerprint density at radius 2 is 1.57 bits per heavy atom. The minimum Gasteiger partial charge on any atom is -0.511 e. The number of phenols is 1. The number of fused-ring (bicyclic) bond motifs is 3. The van der Waals surface area contributed by atoms with E-state index in [2.05, 4.69) is 12.1 Å². The number of aliphatic hydroxyl groups excluding tert-OH is 2. The van der Waals surface area contributed by atoms with Crippen molar-refractivity contribution in [2.75, 3.05) is 0 Å². The smallest absolute Gasteiger partial charge is 0.209 e. The molecule has 0 spiro atoms. The van der Waals surface area contributed by atoms with Gasteiger partial charge in [0.1, 0.15) is 28.6 Å². The summed E-state index contributed by atoms with van der Waals surface area (Å²) in [5.74, 6) is -4.14. The van der Waals surface area contributed by atoms with Crippen LogP contribution < -0.4 is 0 Å². The molecule has 49 heavy (non-hydrogen) atoms. The van der Waals surface area contributed by atoms with E-state index in [4.69, 9.17) is 0 Å². The van der Waals surface area contributed by atoms with Gasteiger partial charge < -0.3 is 20.4 Å². The van der Waals surface area contributed by atoms with Crippen molar-refractivity contribution in [3.63, 3.8) is 0 Å². The molecule has 4 aliphatic carbocycles. The molecular formula is C41H48O8. The van der Waals surface area contributed by atoms with Gasteiger partial charge in [0.05, 0.1) is 5.56 Å². The predicted octanol–water partition coefficient (Wildman–Crippen LogP) is 7.34. The van der Waals surface area contributed by atoms with Gasteiger partial charge in [-0.3, -0.25) is 19.2 Å². The zero-order valence-corrected chi connectivity index (χ0v) is 29.4. The molecule has 0 aromatic heterocycles. The van der Waals surface area contributed by atoms with Gasteiger partial charge in [-0.15, -0.1) is 0 Å². The van der Waals surface area contributed by atoms with E-state index in [1.165, 1.54) is 11.6 Å². The van der Waals surface area contributed by atoms with Gasteiger partial charge in [0.25, 0.3) is 0 Å². The molecule has 0 aliphatic heterocycles. The molecule has 4 aliphatic rings. The highest BCUT2D eigenvalue weighted by Gasteiger charge is 2.71. The van der Waals surface area contributed by atoms with Crippen LogP contribution in [-0.2, 0) is 27.2 Å². The van der Waals surface area contributed by atoms with Crippen molar-refractivity contribution in [3.05, 3.63) is 75.8 Å². The summed E-state index contributed by atoms with van der Waals surface area (Å²) in [6.45, 7) is 10.1. The molecule has 0 saturated heterocycles. The third-order valence-corrected chi connectivity index (χ3v) is 12.3. The molecule has 1 saturated carbocycles. The molecule has 0 amide bonds. The highest BCUT2D eigenvalue weighted by Crippen LogP contribution is 2.65. The van der Waals surface area contributed by atoms with E-state index in [-0.39, 0.29) is 41.6 Å². The monoisotopic (exact) mass is 668 g/mol. The van der Waals surface area contributed by atoms with Gasteiger partial charge in [0.15, 0.2) is 17.2 Å². The number of ketones is 4. The number of hydrogen-bond donors (Lipinski definition) is 4. The van der Waals surface area contributed by atoms with Crippen molar-refractivity contribution in [1.29, 1.82) is 0 Å². The van der Waals surface area contributed by atoms with Crippen LogP contribution >= 0.6 is 0 Å². The summed E-state index contributed by atoms with van der Waals surface area (Å²) < 4.78 is 0. The predicted molar refractivity (Wildman–Crippen MR) is 185 cm³/mol. The van der Waals surface area contributed by atoms with Crippen molar-refractivity contribution in [2.45, 2.75) is 98.5 Å². The number of carbonyl (C=O) groups is 4. The van der Waals surface area contributed by atoms with Crippen molar-refractivity contribution in [2.24, 2.45) is 34.5 Å². The summed E-state index contributed by atoms with van der Waals surface area (Å²) in [7, 11) is 0. The molecule has 0 radical (unpaired) electrons. The molecular weight excluding hydrogens is 620 g/mol. The normalized spacial score (nSPS) is 31.4. The maximum absolute atomic E-state index is 14.4. The number of allylic oxidation sites excluding steroid dienone is 2. The number of aromatic hydroxyl groups is 1. The van der Waals surface area contributed by atoms with Gasteiger partial charge >= 0.3 is 0 Å². The van der Waals surface area contributed by atoms with Gasteiger partial charge in [-0.1, -0.05) is 65.0 Å². The largest absolute Gasteiger partial charge is 0.511 e. The SMILES string of the molecule is CCC(=O)C1CCC(Cc2ccc(-c3ccc(O)c4c3C[C@]3(C)C[C@]5(C)C(C(C)C)C(O)=C(C(C)=O)C(=O)[C@]5(O)C(O)=C3C4=O)cc2)CC1. The molecule has 6 rings (SSSR count). The molecule has 8 heteroatoms. The van der Waals surface area contributed by atoms with Gasteiger partial charge in [-0.2, -0.15) is 0 Å². The third-order valence-electron chi connectivity index (χ3n) is 12.3. The fourth-order valence-corrected chi connectivity index (χ4v) is 10.1. The van der Waals surface area contributed by atoms with Gasteiger partial charge in [0, 0.05) is 34.7 Å². The molecule has 260 valence electrons. The molecule has 0 bridgehead atoms. The standard InChI is InChI=1S/C41H48O8/c1-7-29(43)26-14-10-24(11-15-26)18-23-8-12-25(13-9-23)27-16-17-30(44)32-28(27)19-39(5)20-40(6)33(21(2)3)35(45)31(22(4)42)37(47)41(40,49)38(48)34(39)36(32)46/h8-9,12-13,16-17,21,24,26,33,44-45,48-49H,7,10-11,14-15,18-20H2,1-6H3/t24?,26?,33?,39-,40-,41+/m1/s1. The first kappa shape index (κ1) is 34.8. The van der Waals surface area contributed by atoms with Crippen molar-refractivity contribution < 1.29 is 39.6 Å². The van der Waals surface area contributed by atoms with Gasteiger partial charge in [-0.25, -0.2) is 0 Å². The summed E-state index contributed by atoms with van der Waals surface area (Å²) in [5, 5.41) is 46.6. The molecule has 1 unspecified atom stereocenters. The topological polar surface area (TPSA) is 149 Å². The maximum atomic E-state index is 14.4. The van der Waals surface area contributed by atoms with Gasteiger partial charge in [-0.05, 0) is 92.0 Å². The number of benzene rings is 2. The fourth-order valence-electron chi connectivity index (χ4n) is 10.1. The van der Waals surface area contributed by atoms with E-state index in [1.54, 1.807) is 13.0 Å². The second-order valence-electron chi connectivity index (χ2n) is 15.9. The molecule has 2 aromatic carbocycles. The number of aliphatic hydroxyl groups is 3. The van der Waals surface area contributed by atoms with Crippen LogP contribution in [0.3, 0.4) is 0 Å². The first-order valence-corrected chi connectivity index (χ1v) is 17.7. The fraction of sp³-hybridized carbons (Fsp3) is 0.512. The van der Waals surface area contributed by atoms with Crippen LogP contribution in [0.4, 0.5) is 0 Å². The summed E-state index contributed by atoms with van der Waals surface area (Å²) in [4.78, 5) is 53.1. The molecule has 4 atom stereocenters. The molecule has 1 fully saturated rings. The summed E-state index contributed by atoms with van der Waals surface area (Å²) in [5.41, 5.74) is -2.46. The third kappa shape index (κ3) is 5.12. The van der Waals surface area contributed by atoms with Crippen molar-refractivity contribution >= 4 is 23.1 Å². The summed E-state index contributed by atoms with van der Waals surface area (Å²) in [6, 6.07) is 11.5. The molecule has 4 N–H and O–H groups in total. The first-order chi connectivity index (χ1) is 23.0. The average molecular weight is 669 g/mol. The Morgan fingerprint density at radius 3 is 2.14 bits per heavy atom. The van der Waals surface area contributed by atoms with Gasteiger partial charge in [0.2, 0.25) is 5.78 Å². The van der Waals surface area contributed by atoms with Crippen molar-refractivity contribution in [1.82, 2.24) is 0 Å². The Balaban J connectivity index is 1.38. The Labute approximate surface area is 287 Å². The van der Waals surface area contributed by atoms with E-state index in [0.717, 1.165) is 50.2 Å². The lowest BCUT2D eigenvalue weighted by atomic mass is 9.44. The van der Waals surface area contributed by atoms with Crippen LogP contribution in [0.15, 0.2) is 59.1 Å². The second-order valence-corrected chi connectivity index (χ2v) is 15.9. The number of rotatable bonds is 7. The number of phenolic OH excluding ortho intramolecular Hbond substituents is 1. The van der Waals surface area contributed by atoms with Crippen LogP contribution in [0.1, 0.15) is 102 Å². The van der Waals surface area contributed by atoms with Crippen molar-refractivity contribution in [3.8, 4) is 16.9 Å². The Kier molecular flexibility index (Phi) is 8.58. The number of hydrogen-bond acceptors (Lipinski definition) is 8. The average Bonchev–Trinajstić information content (AvgIpc) is 3.03. The van der Waals surface area contributed by atoms with E-state index < -0.39 is 56.8 Å². The lowest BCUT2D eigenvalue weighted by molar-refractivity contribution is -0.171. The van der Waals surface area contributed by atoms with E-state index in [1.807, 2.05) is 39.8 Å². The maximum Gasteiger partial charge on any atom is 0.209 e. The number of carbonyl (C=O) groups excluding carboxylic acids is 4. The number of Topliss-reactive ketones (excluding diaryl/α,β-unsaturated/α-hetero) is 4. The van der Waals surface area contributed by atoms with Crippen LogP contribution in [0.2, 0.25) is 0 Å². The summed E-state index contributed by atoms with van der Waals surface area (Å²) in [6.07, 6.45) is 5.76. The highest BCUT2D eigenvalue weighted by atomic mass is 16.3. The minimum atomic E-state index is -2.63. The zero-order chi connectivity index (χ0) is 35.8. The molecule has 8 nitrogen and oxygen atoms in total. The molecule has 0 heterocycles. The lowest BCUT2D eigenvalue weighted by Gasteiger charge is -2.59. The van der Waals surface area contributed by atoms with E-state index >= 15 is 0 Å². The lowest BCUT2D eigenvalue weighted by Crippen LogP contribution is -2.67. The highest BCUT2D eigenvalue weighted by molar-refractivity contribution is 6.25. The Morgan fingerprint density at radius 1 is 0.939 bits per heavy atom. The van der Waals surface area contributed by atoms with Crippen LogP contribution in [0, 0.1) is 34.5 Å². The minimum absolute atomic E-state index is 0.0139. The van der Waals surface area contributed by atoms with E-state index in [0.29, 0.717) is 23.7 Å². The summed E-state index contributed by atoms with van der Waals surface area (Å²) >= 11 is 0. The Hall–Kier alpha value is -4.04. The zero-order valence-electron chi connectivity index (χ0n) is 29.4. The molecule has 2 aromatic rings. The van der Waals surface area contributed by atoms with E-state index in [9.17, 15) is 39.6 Å². The first-order valence-electron chi connectivity index (χ1n) is 17.7. The Bertz CT molecular complexity index is 1820. The van der Waals surface area contributed by atoms with Crippen LogP contribution in [0.25, 0.3) is 11.1 Å². The second kappa shape index (κ2) is 12.1. The van der Waals surface area contributed by atoms with Crippen LogP contribution in [0.5, 0.6) is 5.75 Å².